The van der Waals surface area contributed by atoms with Crippen molar-refractivity contribution in [2.24, 2.45) is 0 Å². The summed E-state index contributed by atoms with van der Waals surface area (Å²) < 4.78 is 144. The van der Waals surface area contributed by atoms with Crippen LogP contribution in [0.3, 0.4) is 0 Å². The highest BCUT2D eigenvalue weighted by Gasteiger charge is 2.23. The van der Waals surface area contributed by atoms with Gasteiger partial charge in [-0.25, -0.2) is 0 Å². The van der Waals surface area contributed by atoms with Crippen LogP contribution in [-0.4, -0.2) is 0 Å². The van der Waals surface area contributed by atoms with Crippen molar-refractivity contribution in [2.45, 2.75) is 0 Å². The number of nitrogens with zero attached hydrogens (tertiary/aromatic N) is 1. The standard InChI is InChI=1S/C58H39NO/c1-4-15-40(16-5-1)46-22-14-23-47(39-46)41-27-32-48(33-28-41)59(54-38-37-52(42-17-6-2-7-18-42)58-57(54)53-25-12-13-26-55(53)60-58)49-34-29-44(30-35-49)51-36-31-43-19-10-11-24-50(43)56(51)45-20-8-3-9-21-45/h1-39H/i3D,8D,9D,10D,11D,19D,20D,21D,24D,29D,30D,31D,34D,35D,36D. The third-order valence-electron chi connectivity index (χ3n) is 10.6. The van der Waals surface area contributed by atoms with E-state index in [1.54, 1.807) is 4.90 Å². The summed E-state index contributed by atoms with van der Waals surface area (Å²) in [4.78, 5) is 1.61. The summed E-state index contributed by atoms with van der Waals surface area (Å²) in [6.45, 7) is 0. The summed E-state index contributed by atoms with van der Waals surface area (Å²) >= 11 is 0. The second-order valence-corrected chi connectivity index (χ2v) is 14.1. The van der Waals surface area contributed by atoms with Gasteiger partial charge in [-0.15, -0.1) is 0 Å². The van der Waals surface area contributed by atoms with Gasteiger partial charge in [0.05, 0.1) is 31.6 Å². The minimum absolute atomic E-state index is 0.240. The van der Waals surface area contributed by atoms with E-state index in [1.165, 1.54) is 0 Å². The Labute approximate surface area is 371 Å². The summed E-state index contributed by atoms with van der Waals surface area (Å²) in [6.07, 6.45) is 0. The number of hydrogen-bond donors (Lipinski definition) is 0. The fourth-order valence-electron chi connectivity index (χ4n) is 7.80. The zero-order valence-corrected chi connectivity index (χ0v) is 31.7. The Morgan fingerprint density at radius 3 is 1.80 bits per heavy atom. The van der Waals surface area contributed by atoms with Crippen molar-refractivity contribution in [3.8, 4) is 55.6 Å². The molecule has 0 saturated carbocycles. The van der Waals surface area contributed by atoms with Crippen molar-refractivity contribution in [3.63, 3.8) is 0 Å². The zero-order chi connectivity index (χ0) is 52.9. The van der Waals surface area contributed by atoms with Crippen LogP contribution in [0.2, 0.25) is 0 Å². The van der Waals surface area contributed by atoms with Gasteiger partial charge in [-0.1, -0.05) is 188 Å². The summed E-state index contributed by atoms with van der Waals surface area (Å²) in [5.41, 5.74) is 4.65. The monoisotopic (exact) mass is 780 g/mol. The molecular formula is C58H39NO. The first-order valence-corrected chi connectivity index (χ1v) is 19.3. The highest BCUT2D eigenvalue weighted by molar-refractivity contribution is 6.17. The Morgan fingerprint density at radius 1 is 0.383 bits per heavy atom. The van der Waals surface area contributed by atoms with Gasteiger partial charge >= 0.3 is 0 Å². The molecule has 0 aliphatic heterocycles. The van der Waals surface area contributed by atoms with Gasteiger partial charge in [-0.05, 0) is 109 Å². The molecule has 0 atom stereocenters. The zero-order valence-electron chi connectivity index (χ0n) is 46.7. The van der Waals surface area contributed by atoms with Gasteiger partial charge in [-0.2, -0.15) is 0 Å². The molecule has 2 heteroatoms. The van der Waals surface area contributed by atoms with E-state index in [1.807, 2.05) is 140 Å². The van der Waals surface area contributed by atoms with Crippen LogP contribution >= 0.6 is 0 Å². The largest absolute Gasteiger partial charge is 0.455 e. The molecule has 0 N–H and O–H groups in total. The number of para-hydroxylation sites is 1. The molecule has 0 aliphatic rings. The Bertz CT molecular complexity index is 4120. The van der Waals surface area contributed by atoms with Gasteiger partial charge in [-0.3, -0.25) is 0 Å². The van der Waals surface area contributed by atoms with Crippen molar-refractivity contribution in [2.75, 3.05) is 4.90 Å². The number of benzene rings is 10. The molecule has 0 amide bonds. The molecule has 0 spiro atoms. The fraction of sp³-hybridized carbons (Fsp3) is 0. The van der Waals surface area contributed by atoms with Crippen molar-refractivity contribution in [1.82, 2.24) is 0 Å². The molecule has 10 aromatic carbocycles. The Morgan fingerprint density at radius 2 is 1.03 bits per heavy atom. The number of anilines is 3. The maximum Gasteiger partial charge on any atom is 0.145 e. The van der Waals surface area contributed by atoms with Crippen LogP contribution in [0.1, 0.15) is 20.6 Å². The van der Waals surface area contributed by atoms with Crippen molar-refractivity contribution in [3.05, 3.63) is 236 Å². The first-order valence-electron chi connectivity index (χ1n) is 26.8. The second-order valence-electron chi connectivity index (χ2n) is 14.1. The predicted molar refractivity (Wildman–Crippen MR) is 253 cm³/mol. The van der Waals surface area contributed by atoms with E-state index in [0.717, 1.165) is 33.4 Å². The molecule has 282 valence electrons. The van der Waals surface area contributed by atoms with Crippen LogP contribution in [0.25, 0.3) is 88.3 Å². The maximum atomic E-state index is 9.98. The third-order valence-corrected chi connectivity index (χ3v) is 10.6. The molecule has 1 aromatic heterocycles. The average Bonchev–Trinajstić information content (AvgIpc) is 3.83. The third kappa shape index (κ3) is 6.32. The Kier molecular flexibility index (Phi) is 5.75. The molecule has 0 bridgehead atoms. The van der Waals surface area contributed by atoms with E-state index >= 15 is 0 Å². The lowest BCUT2D eigenvalue weighted by Gasteiger charge is -2.27. The molecule has 2 nitrogen and oxygen atoms in total. The topological polar surface area (TPSA) is 16.4 Å². The predicted octanol–water partition coefficient (Wildman–Crippen LogP) is 16.5. The fourth-order valence-corrected chi connectivity index (χ4v) is 7.80. The average molecular weight is 781 g/mol. The Hall–Kier alpha value is -7.94. The van der Waals surface area contributed by atoms with E-state index in [4.69, 9.17) is 16.8 Å². The van der Waals surface area contributed by atoms with Gasteiger partial charge in [0.25, 0.3) is 0 Å². The van der Waals surface area contributed by atoms with E-state index in [0.29, 0.717) is 33.3 Å². The summed E-state index contributed by atoms with van der Waals surface area (Å²) in [5.74, 6) is 0. The molecule has 11 rings (SSSR count). The first-order chi connectivity index (χ1) is 36.0. The van der Waals surface area contributed by atoms with Crippen LogP contribution < -0.4 is 4.90 Å². The van der Waals surface area contributed by atoms with Crippen LogP contribution in [-0.2, 0) is 0 Å². The van der Waals surface area contributed by atoms with Crippen LogP contribution in [0.4, 0.5) is 17.1 Å². The van der Waals surface area contributed by atoms with E-state index in [2.05, 4.69) is 6.07 Å². The smallest absolute Gasteiger partial charge is 0.145 e. The minimum atomic E-state index is -0.824. The normalized spacial score (nSPS) is 14.8. The number of hydrogen-bond acceptors (Lipinski definition) is 2. The SMILES string of the molecule is [2H]c1c([2H])c([2H])c(-c2c(-c3c([2H])c([2H])c(N(c4ccc(-c5cccc(-c6ccccc6)c5)cc4)c4ccc(-c5ccccc5)c5oc6ccccc6c45)c([2H])c3[2H])c([2H])c([2H])c3c([2H])c([2H])c([2H])c([2H])c23)c([2H])c1[2H]. The summed E-state index contributed by atoms with van der Waals surface area (Å²) in [6, 6.07) is 34.7. The minimum Gasteiger partial charge on any atom is -0.455 e. The number of rotatable bonds is 8. The summed E-state index contributed by atoms with van der Waals surface area (Å²) in [7, 11) is 0. The first kappa shape index (κ1) is 22.9. The summed E-state index contributed by atoms with van der Waals surface area (Å²) in [5, 5.41) is 0.282. The van der Waals surface area contributed by atoms with E-state index in [9.17, 15) is 8.22 Å². The van der Waals surface area contributed by atoms with Crippen LogP contribution in [0.5, 0.6) is 0 Å². The molecule has 0 radical (unpaired) electrons. The quantitative estimate of drug-likeness (QED) is 0.153. The maximum absolute atomic E-state index is 9.98. The van der Waals surface area contributed by atoms with Gasteiger partial charge in [0.1, 0.15) is 11.2 Å². The highest BCUT2D eigenvalue weighted by atomic mass is 16.3. The van der Waals surface area contributed by atoms with Gasteiger partial charge in [0.15, 0.2) is 0 Å². The van der Waals surface area contributed by atoms with Gasteiger partial charge < -0.3 is 9.32 Å². The van der Waals surface area contributed by atoms with Crippen LogP contribution in [0.15, 0.2) is 241 Å². The van der Waals surface area contributed by atoms with Gasteiger partial charge in [0.2, 0.25) is 0 Å². The molecule has 11 aromatic rings. The number of fused-ring (bicyclic) bond motifs is 4. The van der Waals surface area contributed by atoms with Gasteiger partial charge in [0, 0.05) is 22.3 Å². The van der Waals surface area contributed by atoms with Crippen LogP contribution in [0, 0.1) is 0 Å². The van der Waals surface area contributed by atoms with Crippen molar-refractivity contribution < 1.29 is 25.0 Å². The molecule has 0 aliphatic carbocycles. The second kappa shape index (κ2) is 15.1. The highest BCUT2D eigenvalue weighted by Crippen LogP contribution is 2.47. The molecule has 1 heterocycles. The lowest BCUT2D eigenvalue weighted by molar-refractivity contribution is 0.670. The molecule has 0 fully saturated rings. The lowest BCUT2D eigenvalue weighted by Crippen LogP contribution is -2.10. The molecular weight excluding hydrogens is 727 g/mol. The Balaban J connectivity index is 1.22. The van der Waals surface area contributed by atoms with Crippen molar-refractivity contribution >= 4 is 49.8 Å². The lowest BCUT2D eigenvalue weighted by atomic mass is 9.89. The van der Waals surface area contributed by atoms with E-state index < -0.39 is 124 Å². The van der Waals surface area contributed by atoms with E-state index in [-0.39, 0.29) is 5.69 Å². The van der Waals surface area contributed by atoms with Crippen molar-refractivity contribution in [1.29, 1.82) is 0 Å². The molecule has 0 unspecified atom stereocenters. The number of furan rings is 1. The molecule has 60 heavy (non-hydrogen) atoms. The molecule has 0 saturated heterocycles.